The number of ketones is 1. The molecule has 3 amide bonds. The van der Waals surface area contributed by atoms with Crippen LogP contribution in [0.4, 0.5) is 29.3 Å². The average molecular weight is 427 g/mol. The zero-order chi connectivity index (χ0) is 22.6. The lowest BCUT2D eigenvalue weighted by Crippen LogP contribution is -2.53. The summed E-state index contributed by atoms with van der Waals surface area (Å²) in [6, 6.07) is 9.80. The molecule has 1 atom stereocenters. The van der Waals surface area contributed by atoms with Gasteiger partial charge in [-0.3, -0.25) is 14.5 Å². The van der Waals surface area contributed by atoms with Crippen molar-refractivity contribution in [2.45, 2.75) is 37.9 Å². The lowest BCUT2D eigenvalue weighted by Gasteiger charge is -2.29. The van der Waals surface area contributed by atoms with Gasteiger partial charge in [-0.05, 0) is 50.1 Å². The molecule has 9 heteroatoms. The van der Waals surface area contributed by atoms with Crippen molar-refractivity contribution in [2.75, 3.05) is 9.80 Å². The lowest BCUT2D eigenvalue weighted by molar-refractivity contribution is -0.138. The molecule has 0 aromatic heterocycles. The van der Waals surface area contributed by atoms with Crippen LogP contribution >= 0.6 is 0 Å². The molecular weight excluding hydrogens is 411 g/mol. The number of nitrogens with zero attached hydrogens (tertiary/aromatic N) is 3. The number of aryl methyl sites for hydroxylation is 1. The Morgan fingerprint density at radius 2 is 1.68 bits per heavy atom. The number of benzene rings is 2. The summed E-state index contributed by atoms with van der Waals surface area (Å²) in [5.74, 6) is -1.32. The van der Waals surface area contributed by atoms with E-state index >= 15 is 0 Å². The second-order valence-electron chi connectivity index (χ2n) is 7.57. The van der Waals surface area contributed by atoms with Gasteiger partial charge >= 0.3 is 12.2 Å². The summed E-state index contributed by atoms with van der Waals surface area (Å²) in [7, 11) is 0. The minimum absolute atomic E-state index is 0.0865. The second kappa shape index (κ2) is 6.94. The number of Topliss-reactive ketones (excluding diaryl/α,β-unsaturated/α-hetero) is 1. The van der Waals surface area contributed by atoms with E-state index in [1.54, 1.807) is 24.3 Å². The maximum Gasteiger partial charge on any atom is 0.417 e. The maximum atomic E-state index is 13.4. The van der Waals surface area contributed by atoms with Crippen LogP contribution in [-0.2, 0) is 15.8 Å². The number of hydrogen-bond acceptors (Lipinski definition) is 4. The highest BCUT2D eigenvalue weighted by Gasteiger charge is 2.64. The molecule has 0 bridgehead atoms. The largest absolute Gasteiger partial charge is 0.417 e. The van der Waals surface area contributed by atoms with Gasteiger partial charge in [0.25, 0.3) is 5.91 Å². The number of imide groups is 1. The van der Waals surface area contributed by atoms with Crippen LogP contribution in [0.15, 0.2) is 42.5 Å². The number of nitriles is 1. The fourth-order valence-corrected chi connectivity index (χ4v) is 4.20. The summed E-state index contributed by atoms with van der Waals surface area (Å²) in [6.45, 7) is 1.83. The number of hydrogen-bond donors (Lipinski definition) is 0. The molecule has 1 unspecified atom stereocenters. The molecule has 2 aromatic rings. The van der Waals surface area contributed by atoms with E-state index in [9.17, 15) is 27.6 Å². The molecule has 0 radical (unpaired) electrons. The van der Waals surface area contributed by atoms with Gasteiger partial charge in [0.2, 0.25) is 0 Å². The van der Waals surface area contributed by atoms with Gasteiger partial charge in [0.1, 0.15) is 0 Å². The van der Waals surface area contributed by atoms with Crippen molar-refractivity contribution in [1.29, 1.82) is 5.26 Å². The van der Waals surface area contributed by atoms with Crippen molar-refractivity contribution in [3.63, 3.8) is 0 Å². The molecule has 1 saturated heterocycles. The van der Waals surface area contributed by atoms with Crippen LogP contribution < -0.4 is 9.80 Å². The van der Waals surface area contributed by atoms with Crippen molar-refractivity contribution in [2.24, 2.45) is 0 Å². The van der Waals surface area contributed by atoms with E-state index in [2.05, 4.69) is 0 Å². The Hall–Kier alpha value is -3.67. The van der Waals surface area contributed by atoms with Crippen molar-refractivity contribution >= 4 is 29.1 Å². The minimum atomic E-state index is -4.86. The van der Waals surface area contributed by atoms with Gasteiger partial charge < -0.3 is 0 Å². The number of alkyl halides is 3. The first-order valence-electron chi connectivity index (χ1n) is 9.51. The summed E-state index contributed by atoms with van der Waals surface area (Å²) in [6.07, 6.45) is -4.29. The van der Waals surface area contributed by atoms with Gasteiger partial charge in [0.15, 0.2) is 11.3 Å². The molecule has 6 nitrogen and oxygen atoms in total. The van der Waals surface area contributed by atoms with Crippen molar-refractivity contribution in [3.8, 4) is 6.07 Å². The topological polar surface area (TPSA) is 81.5 Å². The Labute approximate surface area is 175 Å². The monoisotopic (exact) mass is 427 g/mol. The van der Waals surface area contributed by atoms with E-state index < -0.39 is 40.6 Å². The third kappa shape index (κ3) is 2.98. The molecule has 1 saturated carbocycles. The van der Waals surface area contributed by atoms with Crippen molar-refractivity contribution in [1.82, 2.24) is 0 Å². The normalized spacial score (nSPS) is 21.3. The molecule has 1 aliphatic carbocycles. The first-order chi connectivity index (χ1) is 14.6. The molecule has 2 aliphatic rings. The molecule has 1 aliphatic heterocycles. The highest BCUT2D eigenvalue weighted by Crippen LogP contribution is 2.45. The first kappa shape index (κ1) is 20.6. The van der Waals surface area contributed by atoms with Crippen LogP contribution in [0.1, 0.15) is 36.0 Å². The first-order valence-corrected chi connectivity index (χ1v) is 9.51. The number of rotatable bonds is 2. The highest BCUT2D eigenvalue weighted by atomic mass is 19.4. The van der Waals surface area contributed by atoms with Crippen LogP contribution in [0.5, 0.6) is 0 Å². The predicted molar refractivity (Wildman–Crippen MR) is 104 cm³/mol. The number of carbonyl (C=O) groups excluding carboxylic acids is 3. The zero-order valence-corrected chi connectivity index (χ0v) is 16.4. The predicted octanol–water partition coefficient (Wildman–Crippen LogP) is 4.35. The quantitative estimate of drug-likeness (QED) is 0.527. The van der Waals surface area contributed by atoms with Crippen LogP contribution in [0.2, 0.25) is 0 Å². The third-order valence-electron chi connectivity index (χ3n) is 5.70. The van der Waals surface area contributed by atoms with E-state index in [1.807, 2.05) is 6.92 Å². The van der Waals surface area contributed by atoms with Gasteiger partial charge in [0, 0.05) is 12.1 Å². The third-order valence-corrected chi connectivity index (χ3v) is 5.70. The molecule has 0 N–H and O–H groups in total. The Kier molecular flexibility index (Phi) is 4.61. The van der Waals surface area contributed by atoms with Crippen molar-refractivity contribution in [3.05, 3.63) is 59.2 Å². The molecule has 2 aromatic carbocycles. The van der Waals surface area contributed by atoms with E-state index in [0.717, 1.165) is 22.6 Å². The SMILES string of the molecule is Cc1ccc(N2C(=O)N(c3ccc(C#N)c(C(F)(F)F)c3)C(=O)C23CCCC3=O)cc1. The Morgan fingerprint density at radius 3 is 2.23 bits per heavy atom. The molecule has 2 fully saturated rings. The van der Waals surface area contributed by atoms with Gasteiger partial charge in [-0.25, -0.2) is 9.69 Å². The fourth-order valence-electron chi connectivity index (χ4n) is 4.20. The Bertz CT molecular complexity index is 1150. The number of carbonyl (C=O) groups is 3. The van der Waals surface area contributed by atoms with Gasteiger partial charge in [-0.1, -0.05) is 17.7 Å². The summed E-state index contributed by atoms with van der Waals surface area (Å²) >= 11 is 0. The molecule has 1 spiro atoms. The maximum absolute atomic E-state index is 13.4. The fraction of sp³-hybridized carbons (Fsp3) is 0.273. The molecular formula is C22H16F3N3O3. The molecule has 158 valence electrons. The van der Waals surface area contributed by atoms with Crippen LogP contribution in [0.3, 0.4) is 0 Å². The second-order valence-corrected chi connectivity index (χ2v) is 7.57. The van der Waals surface area contributed by atoms with Crippen LogP contribution in [0.25, 0.3) is 0 Å². The molecule has 4 rings (SSSR count). The smallest absolute Gasteiger partial charge is 0.296 e. The molecule has 1 heterocycles. The number of anilines is 2. The highest BCUT2D eigenvalue weighted by molar-refractivity contribution is 6.38. The zero-order valence-electron chi connectivity index (χ0n) is 16.4. The summed E-state index contributed by atoms with van der Waals surface area (Å²) in [5.41, 5.74) is -2.79. The summed E-state index contributed by atoms with van der Waals surface area (Å²) < 4.78 is 40.3. The van der Waals surface area contributed by atoms with Gasteiger partial charge in [-0.15, -0.1) is 0 Å². The van der Waals surface area contributed by atoms with Crippen molar-refractivity contribution < 1.29 is 27.6 Å². The standard InChI is InChI=1S/C22H16F3N3O3/c1-13-4-7-15(8-5-13)28-20(31)27(19(30)21(28)10-2-3-18(21)29)16-9-6-14(12-26)17(11-16)22(23,24)25/h4-9,11H,2-3,10H2,1H3. The van der Waals surface area contributed by atoms with E-state index in [-0.39, 0.29) is 18.5 Å². The Morgan fingerprint density at radius 1 is 1.03 bits per heavy atom. The van der Waals surface area contributed by atoms with Crippen LogP contribution in [-0.4, -0.2) is 23.3 Å². The minimum Gasteiger partial charge on any atom is -0.296 e. The number of halogens is 3. The summed E-state index contributed by atoms with van der Waals surface area (Å²) in [4.78, 5) is 41.3. The van der Waals surface area contributed by atoms with Gasteiger partial charge in [0.05, 0.1) is 22.9 Å². The van der Waals surface area contributed by atoms with E-state index in [4.69, 9.17) is 5.26 Å². The van der Waals surface area contributed by atoms with Gasteiger partial charge in [-0.2, -0.15) is 18.4 Å². The van der Waals surface area contributed by atoms with E-state index in [1.165, 1.54) is 6.07 Å². The Balaban J connectivity index is 1.89. The molecule has 31 heavy (non-hydrogen) atoms. The summed E-state index contributed by atoms with van der Waals surface area (Å²) in [5, 5.41) is 9.01. The number of urea groups is 1. The average Bonchev–Trinajstić information content (AvgIpc) is 3.20. The lowest BCUT2D eigenvalue weighted by atomic mass is 9.93. The van der Waals surface area contributed by atoms with E-state index in [0.29, 0.717) is 23.1 Å². The van der Waals surface area contributed by atoms with Crippen LogP contribution in [0, 0.1) is 18.3 Å². The number of amides is 3.